The summed E-state index contributed by atoms with van der Waals surface area (Å²) < 4.78 is 62.3. The second-order valence-corrected chi connectivity index (χ2v) is 12.1. The van der Waals surface area contributed by atoms with E-state index in [2.05, 4.69) is 21.2 Å². The maximum atomic E-state index is 13.1. The number of nitriles is 1. The molecule has 0 aliphatic carbocycles. The molecule has 1 aromatic heterocycles. The highest BCUT2D eigenvalue weighted by Crippen LogP contribution is 2.30. The number of alkyl halides is 2. The first kappa shape index (κ1) is 30.9. The highest BCUT2D eigenvalue weighted by molar-refractivity contribution is 7.91. The Kier molecular flexibility index (Phi) is 10.1. The van der Waals surface area contributed by atoms with Crippen LogP contribution in [-0.4, -0.2) is 61.8 Å². The number of ether oxygens (including phenoxy) is 2. The molecule has 1 amide bonds. The normalized spacial score (nSPS) is 17.7. The van der Waals surface area contributed by atoms with E-state index in [1.807, 2.05) is 11.8 Å². The minimum absolute atomic E-state index is 0.0121. The van der Waals surface area contributed by atoms with Gasteiger partial charge in [-0.3, -0.25) is 9.48 Å². The summed E-state index contributed by atoms with van der Waals surface area (Å²) in [5.74, 6) is 0.147. The number of aryl methyl sites for hydroxylation is 1. The van der Waals surface area contributed by atoms with Gasteiger partial charge in [-0.05, 0) is 48.9 Å². The molecule has 1 saturated heterocycles. The minimum atomic E-state index is -3.37. The third-order valence-corrected chi connectivity index (χ3v) is 8.86. The van der Waals surface area contributed by atoms with Crippen LogP contribution in [0, 0.1) is 11.3 Å². The van der Waals surface area contributed by atoms with Crippen molar-refractivity contribution < 1.29 is 31.5 Å². The summed E-state index contributed by atoms with van der Waals surface area (Å²) in [6.07, 6.45) is 3.56. The molecule has 10 nitrogen and oxygen atoms in total. The summed E-state index contributed by atoms with van der Waals surface area (Å²) in [5, 5.41) is 16.4. The van der Waals surface area contributed by atoms with E-state index < -0.39 is 28.4 Å². The SMILES string of the molecule is CCn1cc(O[C@H]2C[C@@H](COC(F)F)N(c3ccc(C(=O)N[C@@H](CC#N)c4ccc(S(=O)(=O)CC)cc4)cc3)C2)cn1. The van der Waals surface area contributed by atoms with Gasteiger partial charge >= 0.3 is 6.61 Å². The molecule has 0 radical (unpaired) electrons. The Bertz CT molecular complexity index is 1490. The number of hydrogen-bond acceptors (Lipinski definition) is 8. The molecular formula is C29H33F2N5O5S. The van der Waals surface area contributed by atoms with Gasteiger partial charge in [-0.1, -0.05) is 19.1 Å². The van der Waals surface area contributed by atoms with Gasteiger partial charge in [0.05, 0.1) is 60.8 Å². The number of benzene rings is 2. The summed E-state index contributed by atoms with van der Waals surface area (Å²) in [7, 11) is -3.37. The molecule has 2 aromatic carbocycles. The zero-order valence-electron chi connectivity index (χ0n) is 23.3. The van der Waals surface area contributed by atoms with Gasteiger partial charge in [-0.2, -0.15) is 19.1 Å². The third-order valence-electron chi connectivity index (χ3n) is 7.11. The van der Waals surface area contributed by atoms with Crippen molar-refractivity contribution in [3.8, 4) is 11.8 Å². The molecule has 3 atom stereocenters. The van der Waals surface area contributed by atoms with Crippen LogP contribution < -0.4 is 15.0 Å². The van der Waals surface area contributed by atoms with E-state index in [0.29, 0.717) is 42.1 Å². The van der Waals surface area contributed by atoms with Gasteiger partial charge in [0.1, 0.15) is 6.10 Å². The van der Waals surface area contributed by atoms with Gasteiger partial charge in [0, 0.05) is 24.2 Å². The van der Waals surface area contributed by atoms with E-state index in [9.17, 15) is 27.3 Å². The smallest absolute Gasteiger partial charge is 0.345 e. The van der Waals surface area contributed by atoms with Crippen molar-refractivity contribution in [2.45, 2.75) is 62.9 Å². The average Bonchev–Trinajstić information content (AvgIpc) is 3.62. The van der Waals surface area contributed by atoms with Crippen LogP contribution in [0.15, 0.2) is 65.8 Å². The van der Waals surface area contributed by atoms with E-state index in [4.69, 9.17) is 4.74 Å². The molecule has 42 heavy (non-hydrogen) atoms. The molecule has 0 bridgehead atoms. The van der Waals surface area contributed by atoms with Crippen molar-refractivity contribution in [1.82, 2.24) is 15.1 Å². The van der Waals surface area contributed by atoms with Crippen LogP contribution in [0.5, 0.6) is 5.75 Å². The van der Waals surface area contributed by atoms with Crippen molar-refractivity contribution >= 4 is 21.4 Å². The fourth-order valence-corrected chi connectivity index (χ4v) is 5.74. The molecule has 1 fully saturated rings. The van der Waals surface area contributed by atoms with Crippen molar-refractivity contribution in [1.29, 1.82) is 5.26 Å². The van der Waals surface area contributed by atoms with Crippen LogP contribution in [-0.2, 0) is 21.1 Å². The zero-order valence-corrected chi connectivity index (χ0v) is 24.1. The number of aromatic nitrogens is 2. The van der Waals surface area contributed by atoms with Crippen molar-refractivity contribution in [3.05, 3.63) is 72.1 Å². The Morgan fingerprint density at radius 3 is 2.48 bits per heavy atom. The van der Waals surface area contributed by atoms with Crippen LogP contribution in [0.1, 0.15) is 48.7 Å². The summed E-state index contributed by atoms with van der Waals surface area (Å²) >= 11 is 0. The van der Waals surface area contributed by atoms with Gasteiger partial charge in [0.15, 0.2) is 15.6 Å². The molecule has 3 aromatic rings. The Morgan fingerprint density at radius 1 is 1.17 bits per heavy atom. The summed E-state index contributed by atoms with van der Waals surface area (Å²) in [4.78, 5) is 15.2. The second-order valence-electron chi connectivity index (χ2n) is 9.82. The summed E-state index contributed by atoms with van der Waals surface area (Å²) in [6.45, 7) is 1.55. The molecular weight excluding hydrogens is 568 g/mol. The molecule has 0 saturated carbocycles. The Morgan fingerprint density at radius 2 is 1.88 bits per heavy atom. The predicted molar refractivity (Wildman–Crippen MR) is 151 cm³/mol. The molecule has 1 aliphatic heterocycles. The molecule has 1 N–H and O–H groups in total. The fraction of sp³-hybridized carbons (Fsp3) is 0.414. The lowest BCUT2D eigenvalue weighted by molar-refractivity contribution is -0.131. The van der Waals surface area contributed by atoms with E-state index >= 15 is 0 Å². The molecule has 13 heteroatoms. The lowest BCUT2D eigenvalue weighted by Crippen LogP contribution is -2.34. The first-order valence-electron chi connectivity index (χ1n) is 13.6. The number of carbonyl (C=O) groups excluding carboxylic acids is 1. The summed E-state index contributed by atoms with van der Waals surface area (Å²) in [6, 6.07) is 13.9. The van der Waals surface area contributed by atoms with E-state index in [-0.39, 0.29) is 35.8 Å². The van der Waals surface area contributed by atoms with E-state index in [1.54, 1.807) is 60.4 Å². The standard InChI is InChI=1S/C29H33F2N5O5S/c1-3-35-17-25(16-33-35)41-24-15-23(19-40-29(30)31)36(18-24)22-9-5-21(6-10-22)28(37)34-27(13-14-32)20-7-11-26(12-8-20)42(38,39)4-2/h5-12,16-17,23-24,27,29H,3-4,13,15,18-19H2,1-2H3,(H,34,37)/t23-,24-,27-/m0/s1. The molecule has 4 rings (SSSR count). The largest absolute Gasteiger partial charge is 0.485 e. The van der Waals surface area contributed by atoms with Crippen LogP contribution in [0.25, 0.3) is 0 Å². The molecule has 224 valence electrons. The number of halogens is 2. The zero-order chi connectivity index (χ0) is 30.3. The Labute approximate surface area is 243 Å². The van der Waals surface area contributed by atoms with Gasteiger partial charge in [-0.25, -0.2) is 8.42 Å². The van der Waals surface area contributed by atoms with Crippen molar-refractivity contribution in [2.75, 3.05) is 23.8 Å². The highest BCUT2D eigenvalue weighted by atomic mass is 32.2. The first-order chi connectivity index (χ1) is 20.1. The van der Waals surface area contributed by atoms with Crippen molar-refractivity contribution in [2.24, 2.45) is 0 Å². The summed E-state index contributed by atoms with van der Waals surface area (Å²) in [5.41, 5.74) is 1.66. The maximum Gasteiger partial charge on any atom is 0.345 e. The van der Waals surface area contributed by atoms with E-state index in [0.717, 1.165) is 0 Å². The molecule has 1 aliphatic rings. The topological polar surface area (TPSA) is 127 Å². The number of nitrogens with one attached hydrogen (secondary N) is 1. The third kappa shape index (κ3) is 7.63. The lowest BCUT2D eigenvalue weighted by atomic mass is 10.0. The van der Waals surface area contributed by atoms with Crippen LogP contribution >= 0.6 is 0 Å². The maximum absolute atomic E-state index is 13.1. The monoisotopic (exact) mass is 601 g/mol. The first-order valence-corrected chi connectivity index (χ1v) is 15.2. The van der Waals surface area contributed by atoms with Crippen LogP contribution in [0.3, 0.4) is 0 Å². The van der Waals surface area contributed by atoms with Crippen molar-refractivity contribution in [3.63, 3.8) is 0 Å². The number of sulfone groups is 1. The van der Waals surface area contributed by atoms with Gasteiger partial charge in [-0.15, -0.1) is 0 Å². The molecule has 2 heterocycles. The average molecular weight is 602 g/mol. The van der Waals surface area contributed by atoms with Gasteiger partial charge < -0.3 is 19.7 Å². The second kappa shape index (κ2) is 13.8. The number of rotatable bonds is 13. The van der Waals surface area contributed by atoms with Crippen LogP contribution in [0.4, 0.5) is 14.5 Å². The molecule has 0 spiro atoms. The minimum Gasteiger partial charge on any atom is -0.485 e. The number of anilines is 1. The van der Waals surface area contributed by atoms with Gasteiger partial charge in [0.2, 0.25) is 0 Å². The number of nitrogens with zero attached hydrogens (tertiary/aromatic N) is 4. The quantitative estimate of drug-likeness (QED) is 0.307. The number of hydrogen-bond donors (Lipinski definition) is 1. The van der Waals surface area contributed by atoms with Gasteiger partial charge in [0.25, 0.3) is 5.91 Å². The predicted octanol–water partition coefficient (Wildman–Crippen LogP) is 4.35. The number of amides is 1. The Balaban J connectivity index is 1.45. The number of carbonyl (C=O) groups is 1. The fourth-order valence-electron chi connectivity index (χ4n) is 4.85. The van der Waals surface area contributed by atoms with E-state index in [1.165, 1.54) is 12.1 Å². The lowest BCUT2D eigenvalue weighted by Gasteiger charge is -2.26. The Hall–Kier alpha value is -4.02. The van der Waals surface area contributed by atoms with Crippen LogP contribution in [0.2, 0.25) is 0 Å². The highest BCUT2D eigenvalue weighted by Gasteiger charge is 2.35. The molecule has 0 unspecified atom stereocenters.